The average Bonchev–Trinajstić information content (AvgIpc) is 2.35. The van der Waals surface area contributed by atoms with E-state index < -0.39 is 12.3 Å². The molecule has 0 aromatic rings. The molecule has 68 valence electrons. The van der Waals surface area contributed by atoms with Crippen molar-refractivity contribution in [3.8, 4) is 0 Å². The predicted molar refractivity (Wildman–Crippen MR) is 39.9 cm³/mol. The first-order valence-electron chi connectivity index (χ1n) is 3.52. The summed E-state index contributed by atoms with van der Waals surface area (Å²) in [7, 11) is 3.15. The molecule has 0 bridgehead atoms. The molecule has 1 rings (SSSR count). The molecule has 6 heteroatoms. The second-order valence-corrected chi connectivity index (χ2v) is 2.66. The zero-order valence-electron chi connectivity index (χ0n) is 6.96. The van der Waals surface area contributed by atoms with E-state index in [9.17, 15) is 9.59 Å². The van der Waals surface area contributed by atoms with Gasteiger partial charge in [-0.3, -0.25) is 10.2 Å². The molecule has 0 spiro atoms. The maximum Gasteiger partial charge on any atom is 0.410 e. The second kappa shape index (κ2) is 3.40. The van der Waals surface area contributed by atoms with Gasteiger partial charge in [-0.2, -0.15) is 5.43 Å². The van der Waals surface area contributed by atoms with Gasteiger partial charge in [0.1, 0.15) is 0 Å². The molecule has 2 N–H and O–H groups in total. The SMILES string of the molecule is CN(C)C(=O)OC1CC(=O)NN1. The summed E-state index contributed by atoms with van der Waals surface area (Å²) < 4.78 is 4.84. The molecular weight excluding hydrogens is 162 g/mol. The zero-order valence-corrected chi connectivity index (χ0v) is 6.96. The minimum absolute atomic E-state index is 0.166. The van der Waals surface area contributed by atoms with Crippen LogP contribution in [0.4, 0.5) is 4.79 Å². The van der Waals surface area contributed by atoms with Gasteiger partial charge in [0.25, 0.3) is 0 Å². The Labute approximate surface area is 69.8 Å². The molecule has 12 heavy (non-hydrogen) atoms. The summed E-state index contributed by atoms with van der Waals surface area (Å²) >= 11 is 0. The molecule has 1 aliphatic rings. The third-order valence-electron chi connectivity index (χ3n) is 1.35. The van der Waals surface area contributed by atoms with Crippen LogP contribution >= 0.6 is 0 Å². The van der Waals surface area contributed by atoms with Crippen molar-refractivity contribution in [3.63, 3.8) is 0 Å². The highest BCUT2D eigenvalue weighted by Crippen LogP contribution is 2.01. The molecule has 0 aliphatic carbocycles. The third-order valence-corrected chi connectivity index (χ3v) is 1.35. The maximum atomic E-state index is 10.9. The van der Waals surface area contributed by atoms with Gasteiger partial charge in [0.15, 0.2) is 6.23 Å². The van der Waals surface area contributed by atoms with Crippen LogP contribution in [-0.2, 0) is 9.53 Å². The van der Waals surface area contributed by atoms with Crippen molar-refractivity contribution in [2.45, 2.75) is 12.6 Å². The molecule has 1 aliphatic heterocycles. The topological polar surface area (TPSA) is 70.7 Å². The summed E-state index contributed by atoms with van der Waals surface area (Å²) in [6.07, 6.45) is -0.851. The number of ether oxygens (including phenoxy) is 1. The van der Waals surface area contributed by atoms with Gasteiger partial charge < -0.3 is 9.64 Å². The summed E-state index contributed by atoms with van der Waals surface area (Å²) in [5.41, 5.74) is 4.85. The molecule has 1 unspecified atom stereocenters. The van der Waals surface area contributed by atoms with Gasteiger partial charge in [-0.15, -0.1) is 0 Å². The van der Waals surface area contributed by atoms with E-state index in [0.29, 0.717) is 0 Å². The van der Waals surface area contributed by atoms with E-state index in [1.165, 1.54) is 4.90 Å². The number of nitrogens with zero attached hydrogens (tertiary/aromatic N) is 1. The maximum absolute atomic E-state index is 10.9. The first-order valence-corrected chi connectivity index (χ1v) is 3.52. The lowest BCUT2D eigenvalue weighted by Gasteiger charge is -2.14. The van der Waals surface area contributed by atoms with Crippen molar-refractivity contribution < 1.29 is 14.3 Å². The van der Waals surface area contributed by atoms with E-state index in [0.717, 1.165) is 0 Å². The van der Waals surface area contributed by atoms with Crippen molar-refractivity contribution >= 4 is 12.0 Å². The van der Waals surface area contributed by atoms with Gasteiger partial charge in [0.2, 0.25) is 5.91 Å². The van der Waals surface area contributed by atoms with Crippen molar-refractivity contribution in [2.75, 3.05) is 14.1 Å². The summed E-state index contributed by atoms with van der Waals surface area (Å²) in [6.45, 7) is 0. The smallest absolute Gasteiger partial charge is 0.410 e. The monoisotopic (exact) mass is 173 g/mol. The second-order valence-electron chi connectivity index (χ2n) is 2.66. The fourth-order valence-corrected chi connectivity index (χ4v) is 0.730. The highest BCUT2D eigenvalue weighted by Gasteiger charge is 2.24. The molecule has 2 amide bonds. The van der Waals surface area contributed by atoms with E-state index in [1.54, 1.807) is 14.1 Å². The van der Waals surface area contributed by atoms with Crippen LogP contribution in [0.5, 0.6) is 0 Å². The highest BCUT2D eigenvalue weighted by atomic mass is 16.6. The van der Waals surface area contributed by atoms with Crippen LogP contribution in [0.3, 0.4) is 0 Å². The van der Waals surface area contributed by atoms with E-state index in [2.05, 4.69) is 10.9 Å². The number of carbonyl (C=O) groups excluding carboxylic acids is 2. The number of nitrogens with one attached hydrogen (secondary N) is 2. The Balaban J connectivity index is 2.32. The van der Waals surface area contributed by atoms with Gasteiger partial charge >= 0.3 is 6.09 Å². The minimum atomic E-state index is -0.549. The lowest BCUT2D eigenvalue weighted by Crippen LogP contribution is -2.37. The summed E-state index contributed by atoms with van der Waals surface area (Å²) in [4.78, 5) is 22.9. The van der Waals surface area contributed by atoms with Crippen molar-refractivity contribution in [1.82, 2.24) is 15.8 Å². The Kier molecular flexibility index (Phi) is 2.49. The molecular formula is C6H11N3O3. The first-order chi connectivity index (χ1) is 5.59. The quantitative estimate of drug-likeness (QED) is 0.535. The predicted octanol–water partition coefficient (Wildman–Crippen LogP) is -0.965. The van der Waals surface area contributed by atoms with Crippen LogP contribution in [0, 0.1) is 0 Å². The van der Waals surface area contributed by atoms with E-state index >= 15 is 0 Å². The molecule has 1 heterocycles. The molecule has 0 aromatic heterocycles. The lowest BCUT2D eigenvalue weighted by molar-refractivity contribution is -0.119. The van der Waals surface area contributed by atoms with Gasteiger partial charge in [-0.05, 0) is 0 Å². The Morgan fingerprint density at radius 3 is 2.75 bits per heavy atom. The number of hydrogen-bond donors (Lipinski definition) is 2. The molecule has 0 aromatic carbocycles. The number of hydrogen-bond acceptors (Lipinski definition) is 4. The average molecular weight is 173 g/mol. The van der Waals surface area contributed by atoms with Crippen molar-refractivity contribution in [2.24, 2.45) is 0 Å². The standard InChI is InChI=1S/C6H11N3O3/c1-9(2)6(11)12-5-3-4(10)7-8-5/h5,8H,3H2,1-2H3,(H,7,10). The van der Waals surface area contributed by atoms with Crippen LogP contribution < -0.4 is 10.9 Å². The minimum Gasteiger partial charge on any atom is -0.428 e. The Bertz CT molecular complexity index is 204. The number of rotatable bonds is 1. The van der Waals surface area contributed by atoms with Gasteiger partial charge in [-0.25, -0.2) is 4.79 Å². The number of hydrazine groups is 1. The Morgan fingerprint density at radius 1 is 1.67 bits per heavy atom. The van der Waals surface area contributed by atoms with Crippen LogP contribution in [0.25, 0.3) is 0 Å². The van der Waals surface area contributed by atoms with Crippen LogP contribution in [-0.4, -0.2) is 37.2 Å². The Hall–Kier alpha value is -1.30. The van der Waals surface area contributed by atoms with Crippen LogP contribution in [0.1, 0.15) is 6.42 Å². The first kappa shape index (κ1) is 8.79. The molecule has 0 saturated carbocycles. The highest BCUT2D eigenvalue weighted by molar-refractivity contribution is 5.78. The summed E-state index contributed by atoms with van der Waals surface area (Å²) in [5.74, 6) is -0.174. The molecule has 0 radical (unpaired) electrons. The molecule has 1 fully saturated rings. The van der Waals surface area contributed by atoms with Crippen molar-refractivity contribution in [1.29, 1.82) is 0 Å². The fourth-order valence-electron chi connectivity index (χ4n) is 0.730. The van der Waals surface area contributed by atoms with Gasteiger partial charge in [0.05, 0.1) is 6.42 Å². The number of amides is 2. The zero-order chi connectivity index (χ0) is 9.14. The number of carbonyl (C=O) groups is 2. The lowest BCUT2D eigenvalue weighted by atomic mass is 10.4. The summed E-state index contributed by atoms with van der Waals surface area (Å²) in [6, 6.07) is 0. The van der Waals surface area contributed by atoms with Crippen LogP contribution in [0.2, 0.25) is 0 Å². The molecule has 6 nitrogen and oxygen atoms in total. The van der Waals surface area contributed by atoms with E-state index in [4.69, 9.17) is 4.74 Å². The normalized spacial score (nSPS) is 21.8. The van der Waals surface area contributed by atoms with E-state index in [-0.39, 0.29) is 12.3 Å². The largest absolute Gasteiger partial charge is 0.428 e. The van der Waals surface area contributed by atoms with Crippen LogP contribution in [0.15, 0.2) is 0 Å². The molecule has 1 atom stereocenters. The fraction of sp³-hybridized carbons (Fsp3) is 0.667. The van der Waals surface area contributed by atoms with E-state index in [1.807, 2.05) is 0 Å². The molecule has 1 saturated heterocycles. The van der Waals surface area contributed by atoms with Crippen molar-refractivity contribution in [3.05, 3.63) is 0 Å². The van der Waals surface area contributed by atoms with Gasteiger partial charge in [-0.1, -0.05) is 0 Å². The third kappa shape index (κ3) is 2.09. The van der Waals surface area contributed by atoms with Gasteiger partial charge in [0, 0.05) is 14.1 Å². The Morgan fingerprint density at radius 2 is 2.33 bits per heavy atom. The summed E-state index contributed by atoms with van der Waals surface area (Å²) in [5, 5.41) is 0.